The van der Waals surface area contributed by atoms with Gasteiger partial charge in [0.1, 0.15) is 0 Å². The molecule has 0 aliphatic carbocycles. The Morgan fingerprint density at radius 3 is 1.65 bits per heavy atom. The van der Waals surface area contributed by atoms with Crippen LogP contribution in [0.5, 0.6) is 17.2 Å². The molecular formula is C18H13Br3N2O8. The number of halogens is 3. The van der Waals surface area contributed by atoms with Gasteiger partial charge < -0.3 is 30.5 Å². The average Bonchev–Trinajstić information content (AvgIpc) is 2.69. The molecule has 0 fully saturated rings. The Balaban J connectivity index is 2.39. The van der Waals surface area contributed by atoms with Gasteiger partial charge in [0.25, 0.3) is 0 Å². The first-order valence-electron chi connectivity index (χ1n) is 8.13. The minimum absolute atomic E-state index is 0.0238. The van der Waals surface area contributed by atoms with Crippen LogP contribution in [0.4, 0.5) is 0 Å². The number of oxime groups is 2. The number of aromatic hydroxyl groups is 1. The number of phenolic OH excluding ortho intramolecular Hbond substituents is 1. The van der Waals surface area contributed by atoms with Gasteiger partial charge in [-0.3, -0.25) is 0 Å². The molecule has 0 saturated carbocycles. The number of carbonyl (C=O) groups is 2. The van der Waals surface area contributed by atoms with Crippen molar-refractivity contribution in [1.29, 1.82) is 0 Å². The zero-order chi connectivity index (χ0) is 23.3. The Morgan fingerprint density at radius 2 is 1.23 bits per heavy atom. The molecule has 2 aromatic rings. The Hall–Kier alpha value is -2.64. The SMILES string of the molecule is O=C(O)/C(Cc1cc(Br)c(Oc2cc(C/C(=N\O)C(=O)O)cc(Br)c2O)c(Br)c1)=N/O. The van der Waals surface area contributed by atoms with Crippen LogP contribution in [0.25, 0.3) is 0 Å². The van der Waals surface area contributed by atoms with Gasteiger partial charge in [-0.15, -0.1) is 0 Å². The zero-order valence-corrected chi connectivity index (χ0v) is 20.0. The maximum absolute atomic E-state index is 11.1. The van der Waals surface area contributed by atoms with E-state index in [2.05, 4.69) is 58.1 Å². The molecule has 0 saturated heterocycles. The number of phenols is 1. The van der Waals surface area contributed by atoms with Gasteiger partial charge >= 0.3 is 11.9 Å². The zero-order valence-electron chi connectivity index (χ0n) is 15.2. The number of carboxylic acids is 2. The fraction of sp³-hybridized carbons (Fsp3) is 0.111. The maximum atomic E-state index is 11.1. The number of benzene rings is 2. The van der Waals surface area contributed by atoms with Gasteiger partial charge in [0, 0.05) is 12.8 Å². The van der Waals surface area contributed by atoms with Crippen molar-refractivity contribution in [2.24, 2.45) is 10.3 Å². The molecule has 0 amide bonds. The summed E-state index contributed by atoms with van der Waals surface area (Å²) in [5.74, 6) is -2.82. The largest absolute Gasteiger partial charge is 0.503 e. The summed E-state index contributed by atoms with van der Waals surface area (Å²) >= 11 is 9.78. The van der Waals surface area contributed by atoms with Crippen molar-refractivity contribution < 1.29 is 40.1 Å². The Morgan fingerprint density at radius 1 is 0.806 bits per heavy atom. The Labute approximate surface area is 199 Å². The number of aliphatic carboxylic acids is 2. The van der Waals surface area contributed by atoms with Crippen LogP contribution in [-0.2, 0) is 22.4 Å². The molecule has 10 nitrogen and oxygen atoms in total. The second-order valence-electron chi connectivity index (χ2n) is 5.97. The maximum Gasteiger partial charge on any atom is 0.354 e. The summed E-state index contributed by atoms with van der Waals surface area (Å²) in [7, 11) is 0. The topological polar surface area (TPSA) is 169 Å². The quantitative estimate of drug-likeness (QED) is 0.164. The molecule has 0 radical (unpaired) electrons. The molecule has 0 heterocycles. The van der Waals surface area contributed by atoms with E-state index in [4.69, 9.17) is 25.4 Å². The van der Waals surface area contributed by atoms with Crippen molar-refractivity contribution in [3.63, 3.8) is 0 Å². The smallest absolute Gasteiger partial charge is 0.354 e. The molecule has 31 heavy (non-hydrogen) atoms. The number of hydrogen-bond donors (Lipinski definition) is 5. The number of nitrogens with zero attached hydrogens (tertiary/aromatic N) is 2. The normalized spacial score (nSPS) is 12.0. The highest BCUT2D eigenvalue weighted by molar-refractivity contribution is 9.11. The minimum atomic E-state index is -1.40. The van der Waals surface area contributed by atoms with Gasteiger partial charge in [0.05, 0.1) is 13.4 Å². The predicted molar refractivity (Wildman–Crippen MR) is 119 cm³/mol. The molecule has 164 valence electrons. The van der Waals surface area contributed by atoms with Gasteiger partial charge in [0.15, 0.2) is 28.7 Å². The van der Waals surface area contributed by atoms with Crippen molar-refractivity contribution in [2.45, 2.75) is 12.8 Å². The second-order valence-corrected chi connectivity index (χ2v) is 8.54. The van der Waals surface area contributed by atoms with Crippen LogP contribution in [0.1, 0.15) is 11.1 Å². The number of hydrogen-bond acceptors (Lipinski definition) is 8. The van der Waals surface area contributed by atoms with E-state index in [1.54, 1.807) is 12.1 Å². The summed E-state index contributed by atoms with van der Waals surface area (Å²) in [6.45, 7) is 0. The summed E-state index contributed by atoms with van der Waals surface area (Å²) < 4.78 is 6.79. The first-order valence-corrected chi connectivity index (χ1v) is 10.5. The van der Waals surface area contributed by atoms with Crippen LogP contribution in [0, 0.1) is 0 Å². The predicted octanol–water partition coefficient (Wildman–Crippen LogP) is 4.39. The third-order valence-electron chi connectivity index (χ3n) is 3.84. The van der Waals surface area contributed by atoms with Gasteiger partial charge in [0.2, 0.25) is 0 Å². The highest BCUT2D eigenvalue weighted by atomic mass is 79.9. The van der Waals surface area contributed by atoms with Crippen molar-refractivity contribution >= 4 is 71.2 Å². The van der Waals surface area contributed by atoms with Crippen LogP contribution < -0.4 is 4.74 Å². The molecule has 2 rings (SSSR count). The molecule has 0 bridgehead atoms. The fourth-order valence-corrected chi connectivity index (χ4v) is 4.36. The van der Waals surface area contributed by atoms with Crippen LogP contribution >= 0.6 is 47.8 Å². The molecule has 0 atom stereocenters. The lowest BCUT2D eigenvalue weighted by molar-refractivity contribution is -0.130. The molecule has 0 aliphatic heterocycles. The summed E-state index contributed by atoms with van der Waals surface area (Å²) in [4.78, 5) is 22.1. The van der Waals surface area contributed by atoms with Crippen molar-refractivity contribution in [1.82, 2.24) is 0 Å². The van der Waals surface area contributed by atoms with E-state index in [-0.39, 0.29) is 34.6 Å². The van der Waals surface area contributed by atoms with E-state index < -0.39 is 23.4 Å². The fourth-order valence-electron chi connectivity index (χ4n) is 2.42. The summed E-state index contributed by atoms with van der Waals surface area (Å²) in [5.41, 5.74) is -0.0914. The number of ether oxygens (including phenoxy) is 1. The molecule has 0 unspecified atom stereocenters. The lowest BCUT2D eigenvalue weighted by Gasteiger charge is -2.15. The minimum Gasteiger partial charge on any atom is -0.503 e. The first kappa shape index (κ1) is 24.6. The lowest BCUT2D eigenvalue weighted by Crippen LogP contribution is -2.16. The molecule has 0 aliphatic rings. The highest BCUT2D eigenvalue weighted by Gasteiger charge is 2.19. The molecule has 2 aromatic carbocycles. The van der Waals surface area contributed by atoms with Gasteiger partial charge in [-0.1, -0.05) is 10.3 Å². The highest BCUT2D eigenvalue weighted by Crippen LogP contribution is 2.43. The van der Waals surface area contributed by atoms with Crippen LogP contribution in [0.2, 0.25) is 0 Å². The van der Waals surface area contributed by atoms with Crippen molar-refractivity contribution in [3.8, 4) is 17.2 Å². The molecule has 0 aromatic heterocycles. The van der Waals surface area contributed by atoms with Gasteiger partial charge in [-0.2, -0.15) is 0 Å². The van der Waals surface area contributed by atoms with E-state index in [9.17, 15) is 14.7 Å². The standard InChI is InChI=1S/C18H13Br3N2O8/c19-9-1-8(5-13(23-30)18(27)28)6-14(15(9)24)31-16-10(20)2-7(3-11(16)21)4-12(22-29)17(25)26/h1-3,6,24,29-30H,4-5H2,(H,25,26)(H,27,28)/b22-12+,23-13+. The second kappa shape index (κ2) is 10.6. The van der Waals surface area contributed by atoms with Gasteiger partial charge in [-0.05, 0) is 83.2 Å². The average molecular weight is 625 g/mol. The summed E-state index contributed by atoms with van der Waals surface area (Å²) in [5, 5.41) is 51.5. The first-order chi connectivity index (χ1) is 14.6. The Bertz CT molecular complexity index is 1080. The van der Waals surface area contributed by atoms with E-state index in [0.29, 0.717) is 20.1 Å². The third kappa shape index (κ3) is 6.18. The molecule has 0 spiro atoms. The van der Waals surface area contributed by atoms with Crippen molar-refractivity contribution in [3.05, 3.63) is 48.8 Å². The Kier molecular flexibility index (Phi) is 8.42. The molecule has 5 N–H and O–H groups in total. The van der Waals surface area contributed by atoms with Crippen LogP contribution in [0.3, 0.4) is 0 Å². The van der Waals surface area contributed by atoms with Crippen molar-refractivity contribution in [2.75, 3.05) is 0 Å². The lowest BCUT2D eigenvalue weighted by atomic mass is 10.1. The third-order valence-corrected chi connectivity index (χ3v) is 5.62. The monoisotopic (exact) mass is 622 g/mol. The summed E-state index contributed by atoms with van der Waals surface area (Å²) in [6, 6.07) is 5.92. The van der Waals surface area contributed by atoms with Gasteiger partial charge in [-0.25, -0.2) is 9.59 Å². The van der Waals surface area contributed by atoms with Crippen LogP contribution in [-0.4, -0.2) is 49.1 Å². The number of rotatable bonds is 8. The van der Waals surface area contributed by atoms with E-state index in [1.165, 1.54) is 12.1 Å². The van der Waals surface area contributed by atoms with E-state index in [1.807, 2.05) is 0 Å². The molecule has 13 heteroatoms. The van der Waals surface area contributed by atoms with E-state index in [0.717, 1.165) is 0 Å². The number of carboxylic acid groups (broad SMARTS) is 2. The summed E-state index contributed by atoms with van der Waals surface area (Å²) in [6.07, 6.45) is -0.394. The van der Waals surface area contributed by atoms with Crippen LogP contribution in [0.15, 0.2) is 48.0 Å². The van der Waals surface area contributed by atoms with E-state index >= 15 is 0 Å². The molecular weight excluding hydrogens is 612 g/mol.